The number of primary amides is 1. The van der Waals surface area contributed by atoms with Crippen LogP contribution in [-0.2, 0) is 0 Å². The zero-order chi connectivity index (χ0) is 15.8. The predicted octanol–water partition coefficient (Wildman–Crippen LogP) is 3.56. The smallest absolute Gasteiger partial charge is 0.248 e. The van der Waals surface area contributed by atoms with Gasteiger partial charge in [-0.25, -0.2) is 0 Å². The third-order valence-corrected chi connectivity index (χ3v) is 5.60. The van der Waals surface area contributed by atoms with E-state index in [-0.39, 0.29) is 5.91 Å². The number of hydrogen-bond acceptors (Lipinski definition) is 3. The van der Waals surface area contributed by atoms with Crippen LogP contribution in [0.1, 0.15) is 47.2 Å². The van der Waals surface area contributed by atoms with Gasteiger partial charge in [0.05, 0.1) is 0 Å². The van der Waals surface area contributed by atoms with E-state index in [1.165, 1.54) is 29.6 Å². The molecule has 4 heteroatoms. The van der Waals surface area contributed by atoms with Crippen LogP contribution in [0.2, 0.25) is 0 Å². The Labute approximate surface area is 140 Å². The normalized spacial score (nSPS) is 23.0. The van der Waals surface area contributed by atoms with Crippen molar-refractivity contribution in [2.45, 2.75) is 37.8 Å². The van der Waals surface area contributed by atoms with Crippen molar-refractivity contribution >= 4 is 22.8 Å². The van der Waals surface area contributed by atoms with E-state index in [2.05, 4.69) is 28.2 Å². The lowest BCUT2D eigenvalue weighted by Gasteiger charge is -2.26. The Morgan fingerprint density at radius 1 is 1.09 bits per heavy atom. The number of piperidine rings is 1. The number of carbonyl (C=O) groups excluding carboxylic acids is 1. The standard InChI is InChI=1S/C19H20N2OS/c20-19(22)13-3-1-2-12(8-13)18(14-6-7-23-11-14)15-9-16-4-5-17(10-15)21-16/h1-3,6-8,11,16-17,21H,4-5,9-10H2,(H2,20,22). The number of benzene rings is 1. The lowest BCUT2D eigenvalue weighted by molar-refractivity contribution is 0.100. The summed E-state index contributed by atoms with van der Waals surface area (Å²) in [5, 5.41) is 8.01. The molecule has 4 rings (SSSR count). The first-order chi connectivity index (χ1) is 11.2. The molecule has 0 aliphatic carbocycles. The van der Waals surface area contributed by atoms with E-state index in [0.29, 0.717) is 17.6 Å². The molecule has 2 atom stereocenters. The molecule has 1 aromatic carbocycles. The molecule has 23 heavy (non-hydrogen) atoms. The number of fused-ring (bicyclic) bond motifs is 2. The van der Waals surface area contributed by atoms with Crippen LogP contribution in [0.3, 0.4) is 0 Å². The van der Waals surface area contributed by atoms with Crippen LogP contribution < -0.4 is 11.1 Å². The summed E-state index contributed by atoms with van der Waals surface area (Å²) in [7, 11) is 0. The summed E-state index contributed by atoms with van der Waals surface area (Å²) in [5.74, 6) is -0.369. The van der Waals surface area contributed by atoms with Gasteiger partial charge in [-0.15, -0.1) is 0 Å². The molecule has 118 valence electrons. The molecule has 2 unspecified atom stereocenters. The highest BCUT2D eigenvalue weighted by Gasteiger charge is 2.32. The highest BCUT2D eigenvalue weighted by Crippen LogP contribution is 2.38. The second kappa shape index (κ2) is 5.95. The summed E-state index contributed by atoms with van der Waals surface area (Å²) >= 11 is 1.71. The van der Waals surface area contributed by atoms with Gasteiger partial charge in [-0.2, -0.15) is 11.3 Å². The molecule has 3 heterocycles. The van der Waals surface area contributed by atoms with Crippen LogP contribution in [0, 0.1) is 0 Å². The van der Waals surface area contributed by atoms with E-state index >= 15 is 0 Å². The quantitative estimate of drug-likeness (QED) is 0.907. The van der Waals surface area contributed by atoms with Crippen LogP contribution in [-0.4, -0.2) is 18.0 Å². The SMILES string of the molecule is NC(=O)c1cccc(C(=C2CC3CCC(C2)N3)c2ccsc2)c1. The van der Waals surface area contributed by atoms with Gasteiger partial charge in [0.2, 0.25) is 5.91 Å². The lowest BCUT2D eigenvalue weighted by Crippen LogP contribution is -2.35. The molecule has 1 amide bonds. The van der Waals surface area contributed by atoms with Crippen molar-refractivity contribution < 1.29 is 4.79 Å². The molecule has 2 aromatic rings. The second-order valence-corrected chi connectivity index (χ2v) is 7.26. The molecule has 0 radical (unpaired) electrons. The maximum Gasteiger partial charge on any atom is 0.248 e. The summed E-state index contributed by atoms with van der Waals surface area (Å²) in [4.78, 5) is 11.6. The number of amides is 1. The Morgan fingerprint density at radius 3 is 2.48 bits per heavy atom. The van der Waals surface area contributed by atoms with Crippen molar-refractivity contribution in [2.75, 3.05) is 0 Å². The van der Waals surface area contributed by atoms with Gasteiger partial charge in [0.15, 0.2) is 0 Å². The molecule has 3 N–H and O–H groups in total. The van der Waals surface area contributed by atoms with Crippen LogP contribution in [0.25, 0.3) is 5.57 Å². The minimum absolute atomic E-state index is 0.369. The fraction of sp³-hybridized carbons (Fsp3) is 0.316. The molecule has 1 aromatic heterocycles. The van der Waals surface area contributed by atoms with Gasteiger partial charge in [0.25, 0.3) is 0 Å². The largest absolute Gasteiger partial charge is 0.366 e. The topological polar surface area (TPSA) is 55.1 Å². The van der Waals surface area contributed by atoms with Gasteiger partial charge < -0.3 is 11.1 Å². The summed E-state index contributed by atoms with van der Waals surface area (Å²) in [6.45, 7) is 0. The third kappa shape index (κ3) is 2.84. The van der Waals surface area contributed by atoms with E-state index < -0.39 is 0 Å². The molecule has 0 spiro atoms. The van der Waals surface area contributed by atoms with Crippen molar-refractivity contribution in [3.8, 4) is 0 Å². The molecule has 2 aliphatic heterocycles. The Balaban J connectivity index is 1.84. The van der Waals surface area contributed by atoms with Crippen molar-refractivity contribution in [3.05, 3.63) is 63.4 Å². The summed E-state index contributed by atoms with van der Waals surface area (Å²) in [5.41, 5.74) is 11.2. The Morgan fingerprint density at radius 2 is 1.83 bits per heavy atom. The number of rotatable bonds is 3. The lowest BCUT2D eigenvalue weighted by atomic mass is 9.87. The maximum absolute atomic E-state index is 11.6. The molecule has 0 saturated carbocycles. The van der Waals surface area contributed by atoms with Crippen LogP contribution >= 0.6 is 11.3 Å². The summed E-state index contributed by atoms with van der Waals surface area (Å²) in [6.07, 6.45) is 4.74. The van der Waals surface area contributed by atoms with Gasteiger partial charge in [0, 0.05) is 17.6 Å². The van der Waals surface area contributed by atoms with Crippen LogP contribution in [0.15, 0.2) is 46.7 Å². The molecular weight excluding hydrogens is 304 g/mol. The third-order valence-electron chi connectivity index (χ3n) is 4.92. The Bertz CT molecular complexity index is 749. The molecule has 3 nitrogen and oxygen atoms in total. The predicted molar refractivity (Wildman–Crippen MR) is 94.5 cm³/mol. The van der Waals surface area contributed by atoms with Gasteiger partial charge in [-0.1, -0.05) is 17.7 Å². The van der Waals surface area contributed by atoms with E-state index in [1.807, 2.05) is 12.1 Å². The highest BCUT2D eigenvalue weighted by atomic mass is 32.1. The van der Waals surface area contributed by atoms with Crippen molar-refractivity contribution in [1.82, 2.24) is 5.32 Å². The molecule has 2 bridgehead atoms. The minimum Gasteiger partial charge on any atom is -0.366 e. The fourth-order valence-electron chi connectivity index (χ4n) is 3.92. The highest BCUT2D eigenvalue weighted by molar-refractivity contribution is 7.08. The first-order valence-corrected chi connectivity index (χ1v) is 9.06. The maximum atomic E-state index is 11.6. The number of nitrogens with one attached hydrogen (secondary N) is 1. The number of thiophene rings is 1. The number of nitrogens with two attached hydrogens (primary N) is 1. The second-order valence-electron chi connectivity index (χ2n) is 6.48. The minimum atomic E-state index is -0.369. The average molecular weight is 324 g/mol. The molecular formula is C19H20N2OS. The summed E-state index contributed by atoms with van der Waals surface area (Å²) < 4.78 is 0. The van der Waals surface area contributed by atoms with Crippen molar-refractivity contribution in [2.24, 2.45) is 5.73 Å². The zero-order valence-electron chi connectivity index (χ0n) is 12.9. The van der Waals surface area contributed by atoms with E-state index in [4.69, 9.17) is 5.73 Å². The van der Waals surface area contributed by atoms with E-state index in [0.717, 1.165) is 18.4 Å². The van der Waals surface area contributed by atoms with Gasteiger partial charge in [-0.3, -0.25) is 4.79 Å². The first kappa shape index (κ1) is 14.7. The van der Waals surface area contributed by atoms with Crippen LogP contribution in [0.5, 0.6) is 0 Å². The zero-order valence-corrected chi connectivity index (χ0v) is 13.7. The molecule has 2 aliphatic rings. The summed E-state index contributed by atoms with van der Waals surface area (Å²) in [6, 6.07) is 11.1. The molecule has 2 saturated heterocycles. The van der Waals surface area contributed by atoms with Crippen molar-refractivity contribution in [1.29, 1.82) is 0 Å². The Hall–Kier alpha value is -1.91. The first-order valence-electron chi connectivity index (χ1n) is 8.11. The number of hydrogen-bond donors (Lipinski definition) is 2. The van der Waals surface area contributed by atoms with E-state index in [9.17, 15) is 4.79 Å². The van der Waals surface area contributed by atoms with E-state index in [1.54, 1.807) is 17.4 Å². The number of carbonyl (C=O) groups is 1. The van der Waals surface area contributed by atoms with Crippen molar-refractivity contribution in [3.63, 3.8) is 0 Å². The molecule has 2 fully saturated rings. The fourth-order valence-corrected chi connectivity index (χ4v) is 4.56. The Kier molecular flexibility index (Phi) is 3.79. The average Bonchev–Trinajstić information content (AvgIpc) is 3.18. The van der Waals surface area contributed by atoms with Gasteiger partial charge >= 0.3 is 0 Å². The van der Waals surface area contributed by atoms with Gasteiger partial charge in [0.1, 0.15) is 0 Å². The van der Waals surface area contributed by atoms with Gasteiger partial charge in [-0.05, 0) is 71.3 Å². The van der Waals surface area contributed by atoms with Crippen LogP contribution in [0.4, 0.5) is 0 Å². The monoisotopic (exact) mass is 324 g/mol.